The molecule has 1 N–H and O–H groups in total. The molecular formula is C20H22N2O3. The van der Waals surface area contributed by atoms with Crippen LogP contribution in [0.3, 0.4) is 0 Å². The van der Waals surface area contributed by atoms with Crippen molar-refractivity contribution in [2.75, 3.05) is 13.7 Å². The van der Waals surface area contributed by atoms with E-state index in [0.717, 1.165) is 24.1 Å². The molecule has 1 saturated heterocycles. The molecule has 0 bridgehead atoms. The third kappa shape index (κ3) is 4.18. The maximum Gasteiger partial charge on any atom is 0.255 e. The monoisotopic (exact) mass is 338 g/mol. The van der Waals surface area contributed by atoms with Crippen LogP contribution in [-0.2, 0) is 17.9 Å². The largest absolute Gasteiger partial charge is 0.496 e. The number of hydrogen-bond donors (Lipinski definition) is 1. The molecule has 2 amide bonds. The first-order chi connectivity index (χ1) is 12.2. The van der Waals surface area contributed by atoms with Gasteiger partial charge in [0.25, 0.3) is 5.91 Å². The van der Waals surface area contributed by atoms with E-state index in [0.29, 0.717) is 30.8 Å². The number of carbonyl (C=O) groups excluding carboxylic acids is 2. The summed E-state index contributed by atoms with van der Waals surface area (Å²) in [6.45, 7) is 1.89. The van der Waals surface area contributed by atoms with Crippen LogP contribution >= 0.6 is 0 Å². The van der Waals surface area contributed by atoms with E-state index in [9.17, 15) is 9.59 Å². The van der Waals surface area contributed by atoms with Crippen molar-refractivity contribution in [1.29, 1.82) is 0 Å². The summed E-state index contributed by atoms with van der Waals surface area (Å²) in [5.74, 6) is 0.605. The Balaban J connectivity index is 1.62. The summed E-state index contributed by atoms with van der Waals surface area (Å²) in [7, 11) is 1.55. The number of nitrogens with one attached hydrogen (secondary N) is 1. The molecule has 2 aromatic carbocycles. The van der Waals surface area contributed by atoms with E-state index < -0.39 is 0 Å². The van der Waals surface area contributed by atoms with Crippen molar-refractivity contribution in [1.82, 2.24) is 10.2 Å². The third-order valence-electron chi connectivity index (χ3n) is 4.34. The Bertz CT molecular complexity index is 773. The van der Waals surface area contributed by atoms with E-state index >= 15 is 0 Å². The quantitative estimate of drug-likeness (QED) is 0.881. The number of likely N-dealkylation sites (tertiary alicyclic amines) is 1. The summed E-state index contributed by atoms with van der Waals surface area (Å²) in [5.41, 5.74) is 2.61. The molecule has 1 fully saturated rings. The molecule has 3 rings (SSSR count). The molecule has 0 atom stereocenters. The molecule has 0 aliphatic carbocycles. The van der Waals surface area contributed by atoms with Crippen LogP contribution in [0.25, 0.3) is 0 Å². The number of methoxy groups -OCH3 is 1. The van der Waals surface area contributed by atoms with Crippen molar-refractivity contribution >= 4 is 11.8 Å². The highest BCUT2D eigenvalue weighted by Crippen LogP contribution is 2.18. The summed E-state index contributed by atoms with van der Waals surface area (Å²) >= 11 is 0. The number of amides is 2. The molecule has 2 aromatic rings. The Morgan fingerprint density at radius 1 is 1.16 bits per heavy atom. The molecule has 0 spiro atoms. The van der Waals surface area contributed by atoms with Crippen LogP contribution in [0.5, 0.6) is 5.75 Å². The molecule has 0 saturated carbocycles. The molecule has 25 heavy (non-hydrogen) atoms. The van der Waals surface area contributed by atoms with Crippen LogP contribution in [-0.4, -0.2) is 30.4 Å². The molecule has 0 aromatic heterocycles. The summed E-state index contributed by atoms with van der Waals surface area (Å²) in [5, 5.41) is 2.92. The molecule has 1 aliphatic heterocycles. The Labute approximate surface area is 147 Å². The minimum Gasteiger partial charge on any atom is -0.496 e. The van der Waals surface area contributed by atoms with Crippen molar-refractivity contribution in [3.63, 3.8) is 0 Å². The predicted molar refractivity (Wildman–Crippen MR) is 95.3 cm³/mol. The highest BCUT2D eigenvalue weighted by atomic mass is 16.5. The number of ether oxygens (including phenoxy) is 1. The summed E-state index contributed by atoms with van der Waals surface area (Å²) in [4.78, 5) is 26.0. The lowest BCUT2D eigenvalue weighted by atomic mass is 10.1. The highest BCUT2D eigenvalue weighted by Gasteiger charge is 2.20. The van der Waals surface area contributed by atoms with Gasteiger partial charge in [0.15, 0.2) is 0 Å². The van der Waals surface area contributed by atoms with Crippen molar-refractivity contribution in [2.45, 2.75) is 25.9 Å². The first kappa shape index (κ1) is 17.0. The Kier molecular flexibility index (Phi) is 5.33. The maximum atomic E-state index is 12.4. The number of para-hydroxylation sites is 1. The number of benzene rings is 2. The van der Waals surface area contributed by atoms with Gasteiger partial charge in [0, 0.05) is 26.1 Å². The smallest absolute Gasteiger partial charge is 0.255 e. The van der Waals surface area contributed by atoms with Gasteiger partial charge in [-0.1, -0.05) is 36.4 Å². The van der Waals surface area contributed by atoms with Gasteiger partial charge in [-0.05, 0) is 29.7 Å². The number of hydrogen-bond acceptors (Lipinski definition) is 3. The molecule has 0 radical (unpaired) electrons. The zero-order valence-corrected chi connectivity index (χ0v) is 14.3. The van der Waals surface area contributed by atoms with Crippen LogP contribution in [0, 0.1) is 0 Å². The van der Waals surface area contributed by atoms with Gasteiger partial charge in [-0.3, -0.25) is 9.59 Å². The van der Waals surface area contributed by atoms with Crippen LogP contribution in [0.15, 0.2) is 48.5 Å². The van der Waals surface area contributed by atoms with Crippen molar-refractivity contribution < 1.29 is 14.3 Å². The molecule has 5 nitrogen and oxygen atoms in total. The zero-order valence-electron chi connectivity index (χ0n) is 14.3. The maximum absolute atomic E-state index is 12.4. The van der Waals surface area contributed by atoms with Gasteiger partial charge in [-0.2, -0.15) is 0 Å². The number of rotatable bonds is 6. The molecule has 1 heterocycles. The van der Waals surface area contributed by atoms with E-state index in [1.807, 2.05) is 41.3 Å². The van der Waals surface area contributed by atoms with Crippen LogP contribution in [0.2, 0.25) is 0 Å². The Hall–Kier alpha value is -2.82. The van der Waals surface area contributed by atoms with E-state index in [1.165, 1.54) is 0 Å². The fourth-order valence-electron chi connectivity index (χ4n) is 3.04. The van der Waals surface area contributed by atoms with Crippen molar-refractivity contribution in [2.24, 2.45) is 0 Å². The van der Waals surface area contributed by atoms with Gasteiger partial charge in [-0.15, -0.1) is 0 Å². The van der Waals surface area contributed by atoms with Gasteiger partial charge in [0.05, 0.1) is 12.7 Å². The fraction of sp³-hybridized carbons (Fsp3) is 0.300. The second-order valence-corrected chi connectivity index (χ2v) is 6.12. The normalized spacial score (nSPS) is 13.8. The van der Waals surface area contributed by atoms with E-state index in [-0.39, 0.29) is 11.8 Å². The molecule has 0 unspecified atom stereocenters. The molecule has 5 heteroatoms. The highest BCUT2D eigenvalue weighted by molar-refractivity contribution is 5.96. The molecule has 1 aliphatic rings. The minimum atomic E-state index is -0.169. The van der Waals surface area contributed by atoms with Crippen molar-refractivity contribution in [3.8, 4) is 5.75 Å². The van der Waals surface area contributed by atoms with E-state index in [4.69, 9.17) is 4.74 Å². The van der Waals surface area contributed by atoms with Gasteiger partial charge >= 0.3 is 0 Å². The Morgan fingerprint density at radius 3 is 2.72 bits per heavy atom. The molecule has 130 valence electrons. The third-order valence-corrected chi connectivity index (χ3v) is 4.34. The lowest BCUT2D eigenvalue weighted by Gasteiger charge is -2.16. The van der Waals surface area contributed by atoms with Crippen LogP contribution in [0.4, 0.5) is 0 Å². The average Bonchev–Trinajstić information content (AvgIpc) is 3.04. The first-order valence-corrected chi connectivity index (χ1v) is 8.44. The van der Waals surface area contributed by atoms with Gasteiger partial charge in [0.1, 0.15) is 5.75 Å². The first-order valence-electron chi connectivity index (χ1n) is 8.44. The van der Waals surface area contributed by atoms with Gasteiger partial charge in [-0.25, -0.2) is 0 Å². The van der Waals surface area contributed by atoms with Crippen molar-refractivity contribution in [3.05, 3.63) is 65.2 Å². The minimum absolute atomic E-state index is 0.169. The number of nitrogens with zero attached hydrogens (tertiary/aromatic N) is 1. The Morgan fingerprint density at radius 2 is 1.96 bits per heavy atom. The lowest BCUT2D eigenvalue weighted by molar-refractivity contribution is -0.128. The van der Waals surface area contributed by atoms with E-state index in [1.54, 1.807) is 19.2 Å². The second kappa shape index (κ2) is 7.83. The van der Waals surface area contributed by atoms with Crippen LogP contribution in [0.1, 0.15) is 34.3 Å². The number of carbonyl (C=O) groups is 2. The zero-order chi connectivity index (χ0) is 17.6. The van der Waals surface area contributed by atoms with Gasteiger partial charge < -0.3 is 15.0 Å². The van der Waals surface area contributed by atoms with Crippen LogP contribution < -0.4 is 10.1 Å². The second-order valence-electron chi connectivity index (χ2n) is 6.12. The fourth-order valence-corrected chi connectivity index (χ4v) is 3.04. The van der Waals surface area contributed by atoms with Gasteiger partial charge in [0.2, 0.25) is 5.91 Å². The van der Waals surface area contributed by atoms with E-state index in [2.05, 4.69) is 5.32 Å². The topological polar surface area (TPSA) is 58.6 Å². The predicted octanol–water partition coefficient (Wildman–Crippen LogP) is 2.75. The molecular weight excluding hydrogens is 316 g/mol. The summed E-state index contributed by atoms with van der Waals surface area (Å²) < 4.78 is 5.22. The SMILES string of the molecule is COc1ccccc1C(=O)NCc1cccc(CN2CCCC2=O)c1. The summed E-state index contributed by atoms with van der Waals surface area (Å²) in [6, 6.07) is 15.1. The average molecular weight is 338 g/mol. The lowest BCUT2D eigenvalue weighted by Crippen LogP contribution is -2.25. The standard InChI is InChI=1S/C20H22N2O3/c1-25-18-9-3-2-8-17(18)20(24)21-13-15-6-4-7-16(12-15)14-22-11-5-10-19(22)23/h2-4,6-9,12H,5,10-11,13-14H2,1H3,(H,21,24). The summed E-state index contributed by atoms with van der Waals surface area (Å²) in [6.07, 6.45) is 1.59.